The van der Waals surface area contributed by atoms with E-state index in [4.69, 9.17) is 0 Å². The summed E-state index contributed by atoms with van der Waals surface area (Å²) in [4.78, 5) is 20.5. The van der Waals surface area contributed by atoms with Crippen molar-refractivity contribution in [2.24, 2.45) is 0 Å². The quantitative estimate of drug-likeness (QED) is 0.777. The number of fused-ring (bicyclic) bond motifs is 1. The second-order valence-corrected chi connectivity index (χ2v) is 6.26. The summed E-state index contributed by atoms with van der Waals surface area (Å²) in [6.45, 7) is 2.53. The van der Waals surface area contributed by atoms with Crippen LogP contribution in [0, 0.1) is 6.92 Å². The lowest BCUT2D eigenvalue weighted by Crippen LogP contribution is -2.34. The molecule has 1 aliphatic rings. The fourth-order valence-electron chi connectivity index (χ4n) is 3.45. The van der Waals surface area contributed by atoms with E-state index in [2.05, 4.69) is 34.3 Å². The van der Waals surface area contributed by atoms with E-state index in [1.165, 1.54) is 0 Å². The summed E-state index contributed by atoms with van der Waals surface area (Å²) in [6.07, 6.45) is 3.56. The summed E-state index contributed by atoms with van der Waals surface area (Å²) in [5.74, 6) is 0.107. The average molecular weight is 305 g/mol. The number of hydrogen-bond donors (Lipinski definition) is 2. The SMILES string of the molecule is Cc1[nH]c2ccccc2c1C1(C(=O)NCc2ccccn2)CC1. The molecule has 4 rings (SSSR count). The lowest BCUT2D eigenvalue weighted by Gasteiger charge is -2.16. The largest absolute Gasteiger partial charge is 0.358 e. The van der Waals surface area contributed by atoms with Crippen molar-refractivity contribution < 1.29 is 4.79 Å². The van der Waals surface area contributed by atoms with E-state index in [0.29, 0.717) is 6.54 Å². The number of nitrogens with one attached hydrogen (secondary N) is 2. The first kappa shape index (κ1) is 14.0. The van der Waals surface area contributed by atoms with Gasteiger partial charge in [-0.2, -0.15) is 0 Å². The molecule has 1 saturated carbocycles. The van der Waals surface area contributed by atoms with Crippen LogP contribution in [0.5, 0.6) is 0 Å². The Balaban J connectivity index is 1.62. The number of rotatable bonds is 4. The van der Waals surface area contributed by atoms with Crippen LogP contribution < -0.4 is 5.32 Å². The molecule has 3 aromatic rings. The van der Waals surface area contributed by atoms with Crippen LogP contribution in [0.25, 0.3) is 10.9 Å². The molecule has 116 valence electrons. The first-order chi connectivity index (χ1) is 11.2. The molecule has 0 unspecified atom stereocenters. The average Bonchev–Trinajstić information content (AvgIpc) is 3.30. The minimum Gasteiger partial charge on any atom is -0.358 e. The highest BCUT2D eigenvalue weighted by Gasteiger charge is 2.53. The van der Waals surface area contributed by atoms with Crippen molar-refractivity contribution in [3.05, 3.63) is 65.6 Å². The van der Waals surface area contributed by atoms with Crippen molar-refractivity contribution in [1.29, 1.82) is 0 Å². The summed E-state index contributed by atoms with van der Waals surface area (Å²) < 4.78 is 0. The number of benzene rings is 1. The molecule has 2 heterocycles. The summed E-state index contributed by atoms with van der Waals surface area (Å²) in [5, 5.41) is 4.23. The van der Waals surface area contributed by atoms with Gasteiger partial charge in [-0.1, -0.05) is 24.3 Å². The van der Waals surface area contributed by atoms with E-state index < -0.39 is 0 Å². The zero-order valence-corrected chi connectivity index (χ0v) is 13.1. The topological polar surface area (TPSA) is 57.8 Å². The van der Waals surface area contributed by atoms with Crippen LogP contribution in [0.3, 0.4) is 0 Å². The van der Waals surface area contributed by atoms with Crippen LogP contribution in [-0.2, 0) is 16.8 Å². The number of H-pyrrole nitrogens is 1. The Bertz CT molecular complexity index is 863. The lowest BCUT2D eigenvalue weighted by atomic mass is 9.92. The molecule has 2 aromatic heterocycles. The van der Waals surface area contributed by atoms with Gasteiger partial charge in [0, 0.05) is 22.8 Å². The van der Waals surface area contributed by atoms with Gasteiger partial charge in [0.2, 0.25) is 5.91 Å². The van der Waals surface area contributed by atoms with Crippen molar-refractivity contribution in [3.8, 4) is 0 Å². The standard InChI is InChI=1S/C19H19N3O/c1-13-17(15-7-2-3-8-16(15)22-13)19(9-10-19)18(23)21-12-14-6-4-5-11-20-14/h2-8,11,22H,9-10,12H2,1H3,(H,21,23). The van der Waals surface area contributed by atoms with E-state index in [0.717, 1.165) is 40.7 Å². The fraction of sp³-hybridized carbons (Fsp3) is 0.263. The van der Waals surface area contributed by atoms with E-state index in [1.807, 2.05) is 30.3 Å². The molecule has 1 aliphatic carbocycles. The third kappa shape index (κ3) is 2.31. The third-order valence-electron chi connectivity index (χ3n) is 4.71. The Morgan fingerprint density at radius 3 is 2.74 bits per heavy atom. The number of carbonyl (C=O) groups is 1. The van der Waals surface area contributed by atoms with Gasteiger partial charge in [-0.05, 0) is 43.5 Å². The van der Waals surface area contributed by atoms with Gasteiger partial charge in [0.05, 0.1) is 17.7 Å². The van der Waals surface area contributed by atoms with E-state index in [-0.39, 0.29) is 11.3 Å². The Morgan fingerprint density at radius 1 is 1.22 bits per heavy atom. The number of aromatic nitrogens is 2. The maximum absolute atomic E-state index is 12.8. The van der Waals surface area contributed by atoms with Gasteiger partial charge in [-0.25, -0.2) is 0 Å². The molecular formula is C19H19N3O. The molecule has 0 spiro atoms. The van der Waals surface area contributed by atoms with Gasteiger partial charge in [0.1, 0.15) is 0 Å². The highest BCUT2D eigenvalue weighted by atomic mass is 16.2. The minimum absolute atomic E-state index is 0.107. The first-order valence-electron chi connectivity index (χ1n) is 7.97. The van der Waals surface area contributed by atoms with Crippen LogP contribution >= 0.6 is 0 Å². The molecule has 1 amide bonds. The highest BCUT2D eigenvalue weighted by molar-refractivity contribution is 5.98. The van der Waals surface area contributed by atoms with E-state index >= 15 is 0 Å². The summed E-state index contributed by atoms with van der Waals surface area (Å²) in [7, 11) is 0. The van der Waals surface area contributed by atoms with E-state index in [9.17, 15) is 4.79 Å². The van der Waals surface area contributed by atoms with Gasteiger partial charge in [0.15, 0.2) is 0 Å². The smallest absolute Gasteiger partial charge is 0.231 e. The molecule has 1 fully saturated rings. The first-order valence-corrected chi connectivity index (χ1v) is 7.97. The predicted octanol–water partition coefficient (Wildman–Crippen LogP) is 3.22. The van der Waals surface area contributed by atoms with E-state index in [1.54, 1.807) is 6.20 Å². The molecule has 23 heavy (non-hydrogen) atoms. The number of nitrogens with zero attached hydrogens (tertiary/aromatic N) is 1. The van der Waals surface area contributed by atoms with Gasteiger partial charge >= 0.3 is 0 Å². The third-order valence-corrected chi connectivity index (χ3v) is 4.71. The highest BCUT2D eigenvalue weighted by Crippen LogP contribution is 2.51. The fourth-order valence-corrected chi connectivity index (χ4v) is 3.45. The number of pyridine rings is 1. The Hall–Kier alpha value is -2.62. The number of hydrogen-bond acceptors (Lipinski definition) is 2. The number of aryl methyl sites for hydroxylation is 1. The molecule has 0 bridgehead atoms. The molecule has 0 atom stereocenters. The summed E-state index contributed by atoms with van der Waals surface area (Å²) in [5.41, 5.74) is 3.86. The molecule has 2 N–H and O–H groups in total. The van der Waals surface area contributed by atoms with Gasteiger partial charge < -0.3 is 10.3 Å². The maximum atomic E-state index is 12.8. The van der Waals surface area contributed by atoms with Crippen LogP contribution in [0.15, 0.2) is 48.7 Å². The zero-order valence-electron chi connectivity index (χ0n) is 13.1. The molecule has 1 aromatic carbocycles. The summed E-state index contributed by atoms with van der Waals surface area (Å²) in [6, 6.07) is 13.9. The van der Waals surface area contributed by atoms with Gasteiger partial charge in [-0.15, -0.1) is 0 Å². The second kappa shape index (κ2) is 5.23. The Morgan fingerprint density at radius 2 is 2.00 bits per heavy atom. The summed E-state index contributed by atoms with van der Waals surface area (Å²) >= 11 is 0. The number of amides is 1. The van der Waals surface area contributed by atoms with Crippen molar-refractivity contribution in [3.63, 3.8) is 0 Å². The number of para-hydroxylation sites is 1. The van der Waals surface area contributed by atoms with Crippen LogP contribution in [-0.4, -0.2) is 15.9 Å². The lowest BCUT2D eigenvalue weighted by molar-refractivity contribution is -0.123. The number of aromatic amines is 1. The monoisotopic (exact) mass is 305 g/mol. The van der Waals surface area contributed by atoms with Gasteiger partial charge in [0.25, 0.3) is 0 Å². The van der Waals surface area contributed by atoms with Crippen LogP contribution in [0.4, 0.5) is 0 Å². The van der Waals surface area contributed by atoms with Crippen molar-refractivity contribution in [2.75, 3.05) is 0 Å². The van der Waals surface area contributed by atoms with Crippen LogP contribution in [0.2, 0.25) is 0 Å². The normalized spacial score (nSPS) is 15.5. The zero-order chi connectivity index (χ0) is 15.9. The Labute approximate surface area is 134 Å². The number of carbonyl (C=O) groups excluding carboxylic acids is 1. The molecule has 4 nitrogen and oxygen atoms in total. The van der Waals surface area contributed by atoms with Gasteiger partial charge in [-0.3, -0.25) is 9.78 Å². The predicted molar refractivity (Wildman–Crippen MR) is 90.0 cm³/mol. The molecule has 0 aliphatic heterocycles. The second-order valence-electron chi connectivity index (χ2n) is 6.26. The minimum atomic E-state index is -0.377. The maximum Gasteiger partial charge on any atom is 0.231 e. The van der Waals surface area contributed by atoms with Crippen molar-refractivity contribution >= 4 is 16.8 Å². The molecule has 0 radical (unpaired) electrons. The Kier molecular flexibility index (Phi) is 3.18. The van der Waals surface area contributed by atoms with Crippen LogP contribution in [0.1, 0.15) is 29.8 Å². The van der Waals surface area contributed by atoms with Crippen molar-refractivity contribution in [2.45, 2.75) is 31.7 Å². The molecule has 4 heteroatoms. The molecule has 0 saturated heterocycles. The van der Waals surface area contributed by atoms with Crippen molar-refractivity contribution in [1.82, 2.24) is 15.3 Å². The molecular weight excluding hydrogens is 286 g/mol.